The van der Waals surface area contributed by atoms with Gasteiger partial charge in [0.25, 0.3) is 5.91 Å². The molecule has 0 aliphatic carbocycles. The van der Waals surface area contributed by atoms with Crippen LogP contribution < -0.4 is 4.74 Å². The fraction of sp³-hybridized carbons (Fsp3) is 0.190. The van der Waals surface area contributed by atoms with Gasteiger partial charge in [0.1, 0.15) is 11.8 Å². The fourth-order valence-electron chi connectivity index (χ4n) is 3.58. The van der Waals surface area contributed by atoms with Crippen LogP contribution in [0.3, 0.4) is 0 Å². The number of carbonyl (C=O) groups excluding carboxylic acids is 1. The molecule has 0 unspecified atom stereocenters. The third kappa shape index (κ3) is 4.19. The van der Waals surface area contributed by atoms with Gasteiger partial charge in [0.2, 0.25) is 11.7 Å². The van der Waals surface area contributed by atoms with E-state index in [-0.39, 0.29) is 28.7 Å². The van der Waals surface area contributed by atoms with Crippen LogP contribution in [0, 0.1) is 0 Å². The van der Waals surface area contributed by atoms with Gasteiger partial charge in [0.05, 0.1) is 29.2 Å². The summed E-state index contributed by atoms with van der Waals surface area (Å²) in [5.74, 6) is -0.804. The average molecular weight is 491 g/mol. The van der Waals surface area contributed by atoms with Crippen LogP contribution in [0.4, 0.5) is 13.2 Å². The van der Waals surface area contributed by atoms with Crippen molar-refractivity contribution in [1.29, 1.82) is 0 Å². The Morgan fingerprint density at radius 3 is 2.62 bits per heavy atom. The maximum atomic E-state index is 13.3. The van der Waals surface area contributed by atoms with Gasteiger partial charge in [-0.05, 0) is 36.8 Å². The van der Waals surface area contributed by atoms with Crippen LogP contribution in [-0.4, -0.2) is 48.8 Å². The van der Waals surface area contributed by atoms with E-state index < -0.39 is 18.2 Å². The molecule has 1 atom stereocenters. The molecule has 1 fully saturated rings. The van der Waals surface area contributed by atoms with E-state index in [1.54, 1.807) is 12.1 Å². The van der Waals surface area contributed by atoms with Crippen LogP contribution in [-0.2, 0) is 0 Å². The third-order valence-corrected chi connectivity index (χ3v) is 5.42. The molecule has 3 heterocycles. The van der Waals surface area contributed by atoms with Gasteiger partial charge in [-0.2, -0.15) is 20.0 Å². The second-order valence-corrected chi connectivity index (χ2v) is 7.72. The lowest BCUT2D eigenvalue weighted by atomic mass is 10.0. The highest BCUT2D eigenvalue weighted by Crippen LogP contribution is 2.37. The Bertz CT molecular complexity index is 1340. The van der Waals surface area contributed by atoms with Crippen LogP contribution in [0.1, 0.15) is 28.7 Å². The van der Waals surface area contributed by atoms with Gasteiger partial charge in [0.15, 0.2) is 0 Å². The Kier molecular flexibility index (Phi) is 5.44. The number of rotatable bonds is 5. The summed E-state index contributed by atoms with van der Waals surface area (Å²) >= 11 is 6.12. The predicted octanol–water partition coefficient (Wildman–Crippen LogP) is 4.46. The second-order valence-electron chi connectivity index (χ2n) is 7.28. The van der Waals surface area contributed by atoms with E-state index in [1.807, 2.05) is 0 Å². The number of alkyl halides is 3. The highest BCUT2D eigenvalue weighted by molar-refractivity contribution is 6.31. The van der Waals surface area contributed by atoms with Crippen molar-refractivity contribution in [3.8, 4) is 22.8 Å². The topological polar surface area (TPSA) is 99.2 Å². The number of carbonyl (C=O) groups is 1. The standard InChI is InChI=1S/C21H14ClF3N6O3/c22-12-5-6-15(31-26-8-9-27-31)14(11-12)20(32)30-10-7-16(30)19-28-18(29-34-19)13-3-1-2-4-17(13)33-21(23,24)25/h1-6,8-9,11,16H,7,10H2/t16-/m0/s1. The maximum absolute atomic E-state index is 13.3. The van der Waals surface area contributed by atoms with Crippen LogP contribution in [0.2, 0.25) is 5.02 Å². The molecule has 9 nitrogen and oxygen atoms in total. The van der Waals surface area contributed by atoms with Crippen LogP contribution in [0.15, 0.2) is 59.4 Å². The summed E-state index contributed by atoms with van der Waals surface area (Å²) < 4.78 is 47.6. The number of hydrogen-bond acceptors (Lipinski definition) is 7. The number of likely N-dealkylation sites (tertiary alicyclic amines) is 1. The summed E-state index contributed by atoms with van der Waals surface area (Å²) in [7, 11) is 0. The fourth-order valence-corrected chi connectivity index (χ4v) is 3.75. The SMILES string of the molecule is O=C(c1cc(Cl)ccc1-n1nccn1)N1CC[C@H]1c1nc(-c2ccccc2OC(F)(F)F)no1. The van der Waals surface area contributed by atoms with Crippen molar-refractivity contribution in [1.82, 2.24) is 30.0 Å². The third-order valence-electron chi connectivity index (χ3n) is 5.18. The first-order valence-electron chi connectivity index (χ1n) is 9.96. The summed E-state index contributed by atoms with van der Waals surface area (Å²) in [6, 6.07) is 9.68. The molecular formula is C21H14ClF3N6O3. The smallest absolute Gasteiger partial charge is 0.405 e. The Labute approximate surface area is 194 Å². The van der Waals surface area contributed by atoms with Crippen LogP contribution >= 0.6 is 11.6 Å². The first-order valence-corrected chi connectivity index (χ1v) is 10.3. The van der Waals surface area contributed by atoms with Crippen molar-refractivity contribution in [2.45, 2.75) is 18.8 Å². The summed E-state index contributed by atoms with van der Waals surface area (Å²) in [5.41, 5.74) is 0.723. The zero-order valence-electron chi connectivity index (χ0n) is 17.1. The van der Waals surface area contributed by atoms with Crippen molar-refractivity contribution in [2.75, 3.05) is 6.54 Å². The largest absolute Gasteiger partial charge is 0.573 e. The Hall–Kier alpha value is -3.93. The highest BCUT2D eigenvalue weighted by atomic mass is 35.5. The maximum Gasteiger partial charge on any atom is 0.573 e. The molecule has 1 amide bonds. The molecule has 1 aliphatic rings. The summed E-state index contributed by atoms with van der Waals surface area (Å²) in [6.45, 7) is 0.410. The molecule has 1 saturated heterocycles. The Morgan fingerprint density at radius 1 is 1.15 bits per heavy atom. The minimum Gasteiger partial charge on any atom is -0.405 e. The summed E-state index contributed by atoms with van der Waals surface area (Å²) in [5, 5.41) is 12.3. The molecule has 5 rings (SSSR count). The van der Waals surface area contributed by atoms with E-state index in [1.165, 1.54) is 46.4 Å². The van der Waals surface area contributed by atoms with E-state index in [0.29, 0.717) is 23.7 Å². The number of nitrogens with zero attached hydrogens (tertiary/aromatic N) is 6. The summed E-state index contributed by atoms with van der Waals surface area (Å²) in [6.07, 6.45) is -1.38. The molecule has 34 heavy (non-hydrogen) atoms. The van der Waals surface area contributed by atoms with Crippen molar-refractivity contribution < 1.29 is 27.2 Å². The van der Waals surface area contributed by atoms with Crippen LogP contribution in [0.5, 0.6) is 5.75 Å². The van der Waals surface area contributed by atoms with Gasteiger partial charge < -0.3 is 14.2 Å². The number of hydrogen-bond donors (Lipinski definition) is 0. The van der Waals surface area contributed by atoms with Crippen LogP contribution in [0.25, 0.3) is 17.1 Å². The van der Waals surface area contributed by atoms with Gasteiger partial charge in [-0.1, -0.05) is 28.9 Å². The normalized spacial score (nSPS) is 15.8. The molecule has 0 radical (unpaired) electrons. The van der Waals surface area contributed by atoms with Gasteiger partial charge >= 0.3 is 6.36 Å². The molecule has 13 heteroatoms. The Morgan fingerprint density at radius 2 is 1.91 bits per heavy atom. The van der Waals surface area contributed by atoms with Crippen molar-refractivity contribution in [3.63, 3.8) is 0 Å². The number of benzene rings is 2. The Balaban J connectivity index is 1.42. The number of aromatic nitrogens is 5. The highest BCUT2D eigenvalue weighted by Gasteiger charge is 2.39. The lowest BCUT2D eigenvalue weighted by molar-refractivity contribution is -0.274. The predicted molar refractivity (Wildman–Crippen MR) is 111 cm³/mol. The summed E-state index contributed by atoms with van der Waals surface area (Å²) in [4.78, 5) is 20.4. The van der Waals surface area contributed by atoms with Crippen molar-refractivity contribution >= 4 is 17.5 Å². The van der Waals surface area contributed by atoms with E-state index >= 15 is 0 Å². The van der Waals surface area contributed by atoms with E-state index in [9.17, 15) is 18.0 Å². The van der Waals surface area contributed by atoms with E-state index in [0.717, 1.165) is 6.07 Å². The van der Waals surface area contributed by atoms with Gasteiger partial charge in [-0.3, -0.25) is 4.79 Å². The molecule has 4 aromatic rings. The molecule has 0 spiro atoms. The molecule has 174 valence electrons. The van der Waals surface area contributed by atoms with E-state index in [4.69, 9.17) is 16.1 Å². The second kappa shape index (κ2) is 8.45. The van der Waals surface area contributed by atoms with Crippen molar-refractivity contribution in [2.24, 2.45) is 0 Å². The molecule has 0 saturated carbocycles. The number of para-hydroxylation sites is 1. The molecule has 2 aromatic carbocycles. The van der Waals surface area contributed by atoms with Crippen molar-refractivity contribution in [3.05, 3.63) is 71.3 Å². The molecule has 2 aromatic heterocycles. The molecule has 0 N–H and O–H groups in total. The molecule has 0 bridgehead atoms. The first kappa shape index (κ1) is 21.9. The first-order chi connectivity index (χ1) is 16.3. The molecular weight excluding hydrogens is 477 g/mol. The van der Waals surface area contributed by atoms with Gasteiger partial charge in [-0.25, -0.2) is 0 Å². The quantitative estimate of drug-likeness (QED) is 0.407. The van der Waals surface area contributed by atoms with Gasteiger partial charge in [0, 0.05) is 11.6 Å². The lowest BCUT2D eigenvalue weighted by Crippen LogP contribution is -2.45. The minimum absolute atomic E-state index is 0.00825. The number of amides is 1. The molecule has 1 aliphatic heterocycles. The monoisotopic (exact) mass is 490 g/mol. The minimum atomic E-state index is -4.88. The van der Waals surface area contributed by atoms with Gasteiger partial charge in [-0.15, -0.1) is 13.2 Å². The zero-order valence-corrected chi connectivity index (χ0v) is 17.9. The zero-order chi connectivity index (χ0) is 23.9. The lowest BCUT2D eigenvalue weighted by Gasteiger charge is -2.38. The number of halogens is 4. The average Bonchev–Trinajstić information content (AvgIpc) is 3.45. The number of ether oxygens (including phenoxy) is 1. The van der Waals surface area contributed by atoms with E-state index in [2.05, 4.69) is 25.1 Å².